The van der Waals surface area contributed by atoms with Gasteiger partial charge in [0.1, 0.15) is 13.2 Å². The number of rotatable bonds is 10. The van der Waals surface area contributed by atoms with Crippen LogP contribution in [-0.2, 0) is 22.7 Å². The summed E-state index contributed by atoms with van der Waals surface area (Å²) in [4.78, 5) is 26.0. The van der Waals surface area contributed by atoms with Gasteiger partial charge >= 0.3 is 29.7 Å². The number of ether oxygens (including phenoxy) is 2. The average molecular weight is 817 g/mol. The molecule has 4 nitrogen and oxygen atoms in total. The summed E-state index contributed by atoms with van der Waals surface area (Å²) >= 11 is 2.03. The Morgan fingerprint density at radius 1 is 0.509 bits per heavy atom. The van der Waals surface area contributed by atoms with Gasteiger partial charge < -0.3 is 9.47 Å². The molecule has 0 saturated heterocycles. The predicted octanol–water partition coefficient (Wildman–Crippen LogP) is 12.9. The van der Waals surface area contributed by atoms with Crippen LogP contribution in [0, 0.1) is 27.7 Å². The summed E-state index contributed by atoms with van der Waals surface area (Å²) in [6, 6.07) is 29.6. The molecule has 0 atom stereocenters. The van der Waals surface area contributed by atoms with E-state index in [9.17, 15) is 9.59 Å². The first kappa shape index (κ1) is 39.8. The Morgan fingerprint density at radius 2 is 0.842 bits per heavy atom. The van der Waals surface area contributed by atoms with Crippen LogP contribution < -0.4 is 0 Å². The summed E-state index contributed by atoms with van der Waals surface area (Å²) in [5.74, 6) is -17.1. The second-order valence-corrected chi connectivity index (χ2v) is 16.4. The molecule has 12 heteroatoms. The van der Waals surface area contributed by atoms with Gasteiger partial charge in [-0.05, 0) is 97.5 Å². The van der Waals surface area contributed by atoms with E-state index in [1.807, 2.05) is 13.8 Å². The van der Waals surface area contributed by atoms with Crippen molar-refractivity contribution in [2.24, 2.45) is 0 Å². The van der Waals surface area contributed by atoms with E-state index in [0.29, 0.717) is 43.1 Å². The molecule has 0 spiro atoms. The molecule has 0 N–H and O–H groups in total. The summed E-state index contributed by atoms with van der Waals surface area (Å²) in [5.41, 5.74) is 1.53. The van der Waals surface area contributed by atoms with Gasteiger partial charge in [-0.1, -0.05) is 83.9 Å². The molecule has 2 heterocycles. The molecule has 0 bridgehead atoms. The second-order valence-electron chi connectivity index (χ2n) is 13.9. The van der Waals surface area contributed by atoms with E-state index in [1.165, 1.54) is 26.0 Å². The standard InChI is InChI=1S/C45H34F6O4S2/c1-25-5-13-33(14-6-25)41(52)54-23-29-9-17-31(18-10-29)37-21-35(27(3)56-37)39-40(44(48,49)45(50,51)43(39,46)47)36-22-38(57-28(36)4)32-19-11-30(12-20-32)24-55-42(53)34-15-7-26(2)8-16-34/h5-22H,23-24H2,1-4H3. The highest BCUT2D eigenvalue weighted by molar-refractivity contribution is 7.16. The van der Waals surface area contributed by atoms with E-state index in [0.717, 1.165) is 33.8 Å². The van der Waals surface area contributed by atoms with E-state index in [4.69, 9.17) is 9.47 Å². The lowest BCUT2D eigenvalue weighted by Gasteiger charge is -2.25. The molecule has 0 radical (unpaired) electrons. The van der Waals surface area contributed by atoms with Gasteiger partial charge in [-0.15, -0.1) is 22.7 Å². The number of carbonyl (C=O) groups excluding carboxylic acids is 2. The van der Waals surface area contributed by atoms with Gasteiger partial charge in [0.15, 0.2) is 0 Å². The minimum absolute atomic E-state index is 0.0373. The summed E-state index contributed by atoms with van der Waals surface area (Å²) in [6.07, 6.45) is 0. The molecule has 57 heavy (non-hydrogen) atoms. The first-order valence-corrected chi connectivity index (χ1v) is 19.4. The molecule has 6 aromatic rings. The molecular formula is C45H34F6O4S2. The van der Waals surface area contributed by atoms with Crippen LogP contribution in [0.2, 0.25) is 0 Å². The normalized spacial score (nSPS) is 15.5. The number of allylic oxidation sites excluding steroid dienone is 2. The lowest BCUT2D eigenvalue weighted by molar-refractivity contribution is -0.254. The number of halogens is 6. The number of alkyl halides is 6. The van der Waals surface area contributed by atoms with Crippen LogP contribution in [0.5, 0.6) is 0 Å². The van der Waals surface area contributed by atoms with Gasteiger partial charge in [-0.3, -0.25) is 0 Å². The fraction of sp³-hybridized carbons (Fsp3) is 0.200. The molecule has 2 aromatic heterocycles. The Kier molecular flexibility index (Phi) is 10.6. The topological polar surface area (TPSA) is 52.6 Å². The number of hydrogen-bond acceptors (Lipinski definition) is 6. The van der Waals surface area contributed by atoms with Crippen molar-refractivity contribution in [2.45, 2.75) is 58.7 Å². The van der Waals surface area contributed by atoms with Gasteiger partial charge in [0, 0.05) is 30.7 Å². The van der Waals surface area contributed by atoms with Crippen LogP contribution in [0.4, 0.5) is 26.3 Å². The van der Waals surface area contributed by atoms with Crippen molar-refractivity contribution in [3.63, 3.8) is 0 Å². The molecule has 292 valence electrons. The maximum absolute atomic E-state index is 15.8. The fourth-order valence-electron chi connectivity index (χ4n) is 6.55. The zero-order valence-electron chi connectivity index (χ0n) is 31.0. The molecule has 7 rings (SSSR count). The minimum Gasteiger partial charge on any atom is -0.457 e. The van der Waals surface area contributed by atoms with Crippen molar-refractivity contribution < 1.29 is 45.4 Å². The third-order valence-electron chi connectivity index (χ3n) is 9.83. The lowest BCUT2D eigenvalue weighted by Crippen LogP contribution is -2.48. The summed E-state index contributed by atoms with van der Waals surface area (Å²) in [5, 5.41) is 0. The number of esters is 2. The van der Waals surface area contributed by atoms with Gasteiger partial charge in [-0.2, -0.15) is 26.3 Å². The molecule has 0 aliphatic heterocycles. The van der Waals surface area contributed by atoms with E-state index >= 15 is 26.3 Å². The van der Waals surface area contributed by atoms with Crippen molar-refractivity contribution >= 4 is 45.8 Å². The van der Waals surface area contributed by atoms with Crippen molar-refractivity contribution in [3.8, 4) is 20.9 Å². The predicted molar refractivity (Wildman–Crippen MR) is 211 cm³/mol. The Labute approximate surface area is 333 Å². The van der Waals surface area contributed by atoms with Gasteiger partial charge in [-0.25, -0.2) is 9.59 Å². The number of thiophene rings is 2. The maximum Gasteiger partial charge on any atom is 0.380 e. The highest BCUT2D eigenvalue weighted by Gasteiger charge is 2.80. The summed E-state index contributed by atoms with van der Waals surface area (Å²) < 4.78 is 105. The van der Waals surface area contributed by atoms with Crippen LogP contribution in [-0.4, -0.2) is 29.7 Å². The molecule has 0 unspecified atom stereocenters. The monoisotopic (exact) mass is 816 g/mol. The van der Waals surface area contributed by atoms with Gasteiger partial charge in [0.25, 0.3) is 0 Å². The summed E-state index contributed by atoms with van der Waals surface area (Å²) in [6.45, 7) is 6.59. The van der Waals surface area contributed by atoms with E-state index < -0.39 is 40.9 Å². The first-order valence-electron chi connectivity index (χ1n) is 17.7. The van der Waals surface area contributed by atoms with Gasteiger partial charge in [0.2, 0.25) is 0 Å². The van der Waals surface area contributed by atoms with E-state index in [1.54, 1.807) is 97.1 Å². The quantitative estimate of drug-likeness (QED) is 0.102. The number of benzene rings is 4. The summed E-state index contributed by atoms with van der Waals surface area (Å²) in [7, 11) is 0. The van der Waals surface area contributed by atoms with E-state index in [2.05, 4.69) is 0 Å². The number of aryl methyl sites for hydroxylation is 4. The van der Waals surface area contributed by atoms with Crippen molar-refractivity contribution in [1.29, 1.82) is 0 Å². The van der Waals surface area contributed by atoms with Crippen molar-refractivity contribution in [3.05, 3.63) is 163 Å². The molecule has 4 aromatic carbocycles. The second kappa shape index (κ2) is 15.1. The molecular weight excluding hydrogens is 783 g/mol. The Balaban J connectivity index is 1.15. The molecule has 1 aliphatic rings. The fourth-order valence-corrected chi connectivity index (χ4v) is 8.62. The van der Waals surface area contributed by atoms with Crippen molar-refractivity contribution in [2.75, 3.05) is 0 Å². The van der Waals surface area contributed by atoms with Crippen LogP contribution >= 0.6 is 22.7 Å². The van der Waals surface area contributed by atoms with Crippen LogP contribution in [0.1, 0.15) is 63.9 Å². The smallest absolute Gasteiger partial charge is 0.380 e. The third kappa shape index (κ3) is 7.44. The number of carbonyl (C=O) groups is 2. The highest BCUT2D eigenvalue weighted by Crippen LogP contribution is 2.66. The Hall–Kier alpha value is -5.46. The largest absolute Gasteiger partial charge is 0.457 e. The minimum atomic E-state index is -5.71. The van der Waals surface area contributed by atoms with Crippen molar-refractivity contribution in [1.82, 2.24) is 0 Å². The SMILES string of the molecule is Cc1ccc(C(=O)OCc2ccc(-c3cc(C4=C(c5cc(-c6ccc(COC(=O)c7ccc(C)cc7)cc6)sc5C)C(F)(F)C(F)(F)C4(F)F)c(C)s3)cc2)cc1. The van der Waals surface area contributed by atoms with E-state index in [-0.39, 0.29) is 34.1 Å². The van der Waals surface area contributed by atoms with Crippen LogP contribution in [0.3, 0.4) is 0 Å². The zero-order chi connectivity index (χ0) is 40.9. The highest BCUT2D eigenvalue weighted by atomic mass is 32.1. The number of hydrogen-bond donors (Lipinski definition) is 0. The van der Waals surface area contributed by atoms with Crippen LogP contribution in [0.25, 0.3) is 32.0 Å². The maximum atomic E-state index is 15.8. The average Bonchev–Trinajstić information content (AvgIpc) is 3.79. The molecule has 0 fully saturated rings. The zero-order valence-corrected chi connectivity index (χ0v) is 32.7. The Bertz CT molecular complexity index is 2320. The lowest BCUT2D eigenvalue weighted by atomic mass is 9.94. The Morgan fingerprint density at radius 3 is 1.18 bits per heavy atom. The molecule has 0 saturated carbocycles. The van der Waals surface area contributed by atoms with Crippen LogP contribution in [0.15, 0.2) is 109 Å². The third-order valence-corrected chi connectivity index (χ3v) is 12.0. The van der Waals surface area contributed by atoms with Gasteiger partial charge in [0.05, 0.1) is 11.1 Å². The molecule has 0 amide bonds. The molecule has 1 aliphatic carbocycles. The first-order chi connectivity index (χ1) is 27.0.